The molecule has 1 aliphatic carbocycles. The van der Waals surface area contributed by atoms with Crippen molar-refractivity contribution in [3.8, 4) is 5.75 Å². The number of carbonyl (C=O) groups is 2. The number of phenols is 1. The van der Waals surface area contributed by atoms with Crippen LogP contribution in [0.1, 0.15) is 56.6 Å². The third-order valence-corrected chi connectivity index (χ3v) is 9.72. The molecule has 0 bridgehead atoms. The molecule has 0 radical (unpaired) electrons. The van der Waals surface area contributed by atoms with Gasteiger partial charge < -0.3 is 20.1 Å². The second-order valence-corrected chi connectivity index (χ2v) is 12.5. The number of phenolic OH excluding ortho intramolecular Hbond substituents is 1. The highest BCUT2D eigenvalue weighted by Crippen LogP contribution is 2.47. The van der Waals surface area contributed by atoms with Crippen molar-refractivity contribution < 1.29 is 29.6 Å². The van der Waals surface area contributed by atoms with Crippen molar-refractivity contribution in [2.24, 2.45) is 17.8 Å². The maximum absolute atomic E-state index is 14.0. The summed E-state index contributed by atoms with van der Waals surface area (Å²) in [5.41, 5.74) is 4.86. The quantitative estimate of drug-likeness (QED) is 0.242. The Balaban J connectivity index is 1.29. The molecule has 44 heavy (non-hydrogen) atoms. The molecule has 3 aliphatic rings. The van der Waals surface area contributed by atoms with Gasteiger partial charge in [0, 0.05) is 38.7 Å². The average molecular weight is 603 g/mol. The van der Waals surface area contributed by atoms with E-state index in [9.17, 15) is 24.9 Å². The second-order valence-electron chi connectivity index (χ2n) is 12.5. The van der Waals surface area contributed by atoms with Crippen LogP contribution in [0.15, 0.2) is 71.3 Å². The third-order valence-electron chi connectivity index (χ3n) is 9.72. The van der Waals surface area contributed by atoms with Crippen LogP contribution in [0.4, 0.5) is 0 Å². The summed E-state index contributed by atoms with van der Waals surface area (Å²) in [6.07, 6.45) is 4.89. The Labute approximate surface area is 260 Å². The fourth-order valence-electron chi connectivity index (χ4n) is 7.46. The maximum Gasteiger partial charge on any atom is 0.234 e. The Morgan fingerprint density at radius 3 is 2.39 bits per heavy atom. The van der Waals surface area contributed by atoms with Crippen LogP contribution in [-0.4, -0.2) is 82.5 Å². The Kier molecular flexibility index (Phi) is 10.7. The van der Waals surface area contributed by atoms with Crippen LogP contribution < -0.4 is 0 Å². The highest BCUT2D eigenvalue weighted by molar-refractivity contribution is 6.06. The van der Waals surface area contributed by atoms with Crippen molar-refractivity contribution in [1.29, 1.82) is 0 Å². The van der Waals surface area contributed by atoms with E-state index in [2.05, 4.69) is 30.0 Å². The van der Waals surface area contributed by atoms with Gasteiger partial charge in [0.1, 0.15) is 5.75 Å². The number of hydrogen-bond acceptors (Lipinski definition) is 7. The first-order valence-corrected chi connectivity index (χ1v) is 16.0. The first-order valence-electron chi connectivity index (χ1n) is 16.0. The molecule has 0 aromatic heterocycles. The first kappa shape index (κ1) is 32.1. The number of likely N-dealkylation sites (tertiary alicyclic amines) is 2. The summed E-state index contributed by atoms with van der Waals surface area (Å²) in [6, 6.07) is 17.2. The average Bonchev–Trinajstić information content (AvgIpc) is 3.29. The number of amides is 2. The molecule has 2 amide bonds. The molecule has 0 saturated carbocycles. The summed E-state index contributed by atoms with van der Waals surface area (Å²) in [5, 5.41) is 31.8. The molecule has 8 heteroatoms. The number of methoxy groups -OCH3 is 1. The zero-order valence-electron chi connectivity index (χ0n) is 25.9. The van der Waals surface area contributed by atoms with Gasteiger partial charge in [0.2, 0.25) is 11.8 Å². The van der Waals surface area contributed by atoms with Gasteiger partial charge in [-0.05, 0) is 72.9 Å². The molecule has 4 atom stereocenters. The molecule has 0 unspecified atom stereocenters. The van der Waals surface area contributed by atoms with Gasteiger partial charge in [-0.15, -0.1) is 0 Å². The Bertz CT molecular complexity index is 1350. The third kappa shape index (κ3) is 6.99. The number of benzene rings is 2. The highest BCUT2D eigenvalue weighted by Gasteiger charge is 2.56. The molecule has 2 saturated heterocycles. The van der Waals surface area contributed by atoms with Gasteiger partial charge in [0.15, 0.2) is 0 Å². The Hall–Kier alpha value is -3.30. The van der Waals surface area contributed by atoms with E-state index in [-0.39, 0.29) is 36.8 Å². The summed E-state index contributed by atoms with van der Waals surface area (Å²) in [6.45, 7) is 4.47. The van der Waals surface area contributed by atoms with E-state index >= 15 is 0 Å². The lowest BCUT2D eigenvalue weighted by Crippen LogP contribution is -2.47. The van der Waals surface area contributed by atoms with E-state index < -0.39 is 23.9 Å². The van der Waals surface area contributed by atoms with Gasteiger partial charge >= 0.3 is 0 Å². The number of aliphatic hydroxyl groups is 2. The molecular formula is C36H46N2O6. The van der Waals surface area contributed by atoms with E-state index in [1.54, 1.807) is 19.2 Å². The minimum absolute atomic E-state index is 0.146. The SMILES string of the molecule is CC/C(=C\c1ccc(O)cc1)CC[C@@H](O)C1=C(COC)C[C@H]2C(=O)N(C3CCN(Cc4ccccc4)CC3)C(=O)[C@H]2[C@H]1CO. The number of aromatic hydroxyl groups is 1. The smallest absolute Gasteiger partial charge is 0.234 e. The van der Waals surface area contributed by atoms with Crippen LogP contribution in [-0.2, 0) is 20.9 Å². The van der Waals surface area contributed by atoms with Gasteiger partial charge in [-0.2, -0.15) is 0 Å². The molecule has 2 aliphatic heterocycles. The number of rotatable bonds is 12. The van der Waals surface area contributed by atoms with Crippen LogP contribution in [0, 0.1) is 17.8 Å². The van der Waals surface area contributed by atoms with Crippen LogP contribution in [0.5, 0.6) is 5.75 Å². The van der Waals surface area contributed by atoms with Crippen LogP contribution in [0.2, 0.25) is 0 Å². The number of imide groups is 1. The predicted molar refractivity (Wildman–Crippen MR) is 169 cm³/mol. The molecule has 3 N–H and O–H groups in total. The summed E-state index contributed by atoms with van der Waals surface area (Å²) in [5.74, 6) is -1.97. The van der Waals surface area contributed by atoms with Crippen molar-refractivity contribution in [2.75, 3.05) is 33.4 Å². The minimum atomic E-state index is -0.869. The molecular weight excluding hydrogens is 556 g/mol. The van der Waals surface area contributed by atoms with Gasteiger partial charge in [0.25, 0.3) is 0 Å². The fraction of sp³-hybridized carbons (Fsp3) is 0.500. The predicted octanol–water partition coefficient (Wildman–Crippen LogP) is 4.55. The summed E-state index contributed by atoms with van der Waals surface area (Å²) < 4.78 is 5.51. The minimum Gasteiger partial charge on any atom is -0.508 e. The monoisotopic (exact) mass is 602 g/mol. The number of piperidine rings is 1. The van der Waals surface area contributed by atoms with Crippen LogP contribution in [0.25, 0.3) is 6.08 Å². The summed E-state index contributed by atoms with van der Waals surface area (Å²) in [7, 11) is 1.59. The van der Waals surface area contributed by atoms with Crippen LogP contribution >= 0.6 is 0 Å². The van der Waals surface area contributed by atoms with Gasteiger partial charge in [-0.25, -0.2) is 0 Å². The van der Waals surface area contributed by atoms with E-state index in [1.165, 1.54) is 10.5 Å². The molecule has 2 aromatic rings. The van der Waals surface area contributed by atoms with Crippen molar-refractivity contribution >= 4 is 17.9 Å². The zero-order chi connectivity index (χ0) is 31.2. The van der Waals surface area contributed by atoms with E-state index in [4.69, 9.17) is 4.74 Å². The lowest BCUT2D eigenvalue weighted by Gasteiger charge is -2.37. The molecule has 0 spiro atoms. The first-order chi connectivity index (χ1) is 21.3. The second kappa shape index (κ2) is 14.7. The van der Waals surface area contributed by atoms with E-state index in [0.29, 0.717) is 24.8 Å². The summed E-state index contributed by atoms with van der Waals surface area (Å²) >= 11 is 0. The molecule has 8 nitrogen and oxygen atoms in total. The van der Waals surface area contributed by atoms with E-state index in [0.717, 1.165) is 55.6 Å². The number of nitrogens with zero attached hydrogens (tertiary/aromatic N) is 2. The lowest BCUT2D eigenvalue weighted by molar-refractivity contribution is -0.144. The van der Waals surface area contributed by atoms with E-state index in [1.807, 2.05) is 30.3 Å². The zero-order valence-corrected chi connectivity index (χ0v) is 25.9. The van der Waals surface area contributed by atoms with Gasteiger partial charge in [-0.3, -0.25) is 19.4 Å². The van der Waals surface area contributed by atoms with Crippen molar-refractivity contribution in [3.63, 3.8) is 0 Å². The Morgan fingerprint density at radius 2 is 1.75 bits per heavy atom. The molecule has 236 valence electrons. The largest absolute Gasteiger partial charge is 0.508 e. The number of aliphatic hydroxyl groups excluding tert-OH is 2. The normalized spacial score (nSPS) is 24.2. The molecule has 2 aromatic carbocycles. The molecule has 2 fully saturated rings. The lowest BCUT2D eigenvalue weighted by atomic mass is 9.68. The number of allylic oxidation sites excluding steroid dienone is 1. The van der Waals surface area contributed by atoms with Crippen molar-refractivity contribution in [1.82, 2.24) is 9.80 Å². The van der Waals surface area contributed by atoms with Crippen LogP contribution in [0.3, 0.4) is 0 Å². The highest BCUT2D eigenvalue weighted by atomic mass is 16.5. The number of fused-ring (bicyclic) bond motifs is 1. The fourth-order valence-corrected chi connectivity index (χ4v) is 7.46. The molecule has 5 rings (SSSR count). The van der Waals surface area contributed by atoms with Gasteiger partial charge in [-0.1, -0.05) is 61.0 Å². The topological polar surface area (TPSA) is 111 Å². The Morgan fingerprint density at radius 1 is 1.05 bits per heavy atom. The standard InChI is InChI=1S/C36H46N2O6/c1-3-24(19-25-9-12-29(40)13-10-25)11-14-32(41)33-27(23-44-2)20-30-34(31(33)22-39)36(43)38(35(30)42)28-15-17-37(18-16-28)21-26-7-5-4-6-8-26/h4-10,12-13,19,28,30-32,34,39-41H,3,11,14-18,20-23H2,1-2H3/b24-19+/t30-,31+,32-,34-/m1/s1. The molecule has 2 heterocycles. The summed E-state index contributed by atoms with van der Waals surface area (Å²) in [4.78, 5) is 31.7. The van der Waals surface area contributed by atoms with Gasteiger partial charge in [0.05, 0.1) is 31.2 Å². The maximum atomic E-state index is 14.0. The van der Waals surface area contributed by atoms with Crippen molar-refractivity contribution in [3.05, 3.63) is 82.4 Å². The van der Waals surface area contributed by atoms with Crippen molar-refractivity contribution in [2.45, 2.75) is 64.1 Å². The number of carbonyl (C=O) groups excluding carboxylic acids is 2. The number of hydrogen-bond donors (Lipinski definition) is 3. The number of ether oxygens (including phenoxy) is 1.